The summed E-state index contributed by atoms with van der Waals surface area (Å²) in [6.45, 7) is 1.95. The SMILES string of the molecule is COC(=O)C[C@@H](O)c1cc(Br)c(C)s1. The molecule has 1 heterocycles. The van der Waals surface area contributed by atoms with Crippen LogP contribution in [0.3, 0.4) is 0 Å². The topological polar surface area (TPSA) is 46.5 Å². The Morgan fingerprint density at radius 3 is 2.86 bits per heavy atom. The summed E-state index contributed by atoms with van der Waals surface area (Å²) in [5, 5.41) is 9.65. The molecule has 1 aromatic heterocycles. The molecule has 1 atom stereocenters. The Morgan fingerprint density at radius 1 is 1.79 bits per heavy atom. The monoisotopic (exact) mass is 278 g/mol. The van der Waals surface area contributed by atoms with Gasteiger partial charge < -0.3 is 9.84 Å². The largest absolute Gasteiger partial charge is 0.469 e. The van der Waals surface area contributed by atoms with E-state index in [9.17, 15) is 9.90 Å². The van der Waals surface area contributed by atoms with Gasteiger partial charge in [0, 0.05) is 14.2 Å². The van der Waals surface area contributed by atoms with Gasteiger partial charge in [0.05, 0.1) is 19.6 Å². The molecule has 0 saturated heterocycles. The standard InChI is InChI=1S/C9H11BrO3S/c1-5-6(10)3-8(14-5)7(11)4-9(12)13-2/h3,7,11H,4H2,1-2H3/t7-/m1/s1. The molecule has 0 aliphatic rings. The Bertz CT molecular complexity index is 315. The van der Waals surface area contributed by atoms with E-state index in [2.05, 4.69) is 20.7 Å². The Balaban J connectivity index is 2.69. The van der Waals surface area contributed by atoms with Gasteiger partial charge in [0.15, 0.2) is 0 Å². The molecule has 3 nitrogen and oxygen atoms in total. The van der Waals surface area contributed by atoms with E-state index in [1.807, 2.05) is 13.0 Å². The van der Waals surface area contributed by atoms with Gasteiger partial charge in [-0.3, -0.25) is 4.79 Å². The van der Waals surface area contributed by atoms with Gasteiger partial charge in [-0.15, -0.1) is 11.3 Å². The minimum Gasteiger partial charge on any atom is -0.469 e. The lowest BCUT2D eigenvalue weighted by Crippen LogP contribution is -2.06. The average molecular weight is 279 g/mol. The zero-order chi connectivity index (χ0) is 10.7. The lowest BCUT2D eigenvalue weighted by atomic mass is 10.2. The van der Waals surface area contributed by atoms with Crippen molar-refractivity contribution in [2.24, 2.45) is 0 Å². The van der Waals surface area contributed by atoms with Crippen molar-refractivity contribution in [3.63, 3.8) is 0 Å². The second-order valence-electron chi connectivity index (χ2n) is 2.85. The van der Waals surface area contributed by atoms with E-state index in [-0.39, 0.29) is 6.42 Å². The Kier molecular flexibility index (Phi) is 4.10. The van der Waals surface area contributed by atoms with Crippen LogP contribution in [0.25, 0.3) is 0 Å². The molecule has 78 valence electrons. The van der Waals surface area contributed by atoms with Gasteiger partial charge in [-0.05, 0) is 28.9 Å². The molecular formula is C9H11BrO3S. The highest BCUT2D eigenvalue weighted by Gasteiger charge is 2.16. The fourth-order valence-corrected chi connectivity index (χ4v) is 2.53. The van der Waals surface area contributed by atoms with Crippen LogP contribution in [0.4, 0.5) is 0 Å². The van der Waals surface area contributed by atoms with Gasteiger partial charge in [0.2, 0.25) is 0 Å². The van der Waals surface area contributed by atoms with E-state index in [0.717, 1.165) is 14.2 Å². The van der Waals surface area contributed by atoms with Crippen LogP contribution in [0.1, 0.15) is 22.3 Å². The number of ether oxygens (including phenoxy) is 1. The third kappa shape index (κ3) is 2.80. The molecule has 1 N–H and O–H groups in total. The molecule has 1 rings (SSSR count). The van der Waals surface area contributed by atoms with Gasteiger partial charge in [-0.1, -0.05) is 0 Å². The number of thiophene rings is 1. The average Bonchev–Trinajstić information content (AvgIpc) is 2.47. The van der Waals surface area contributed by atoms with Crippen LogP contribution < -0.4 is 0 Å². The van der Waals surface area contributed by atoms with Crippen molar-refractivity contribution in [1.29, 1.82) is 0 Å². The number of esters is 1. The van der Waals surface area contributed by atoms with Crippen molar-refractivity contribution in [3.05, 3.63) is 20.3 Å². The number of carbonyl (C=O) groups excluding carboxylic acids is 1. The van der Waals surface area contributed by atoms with Crippen molar-refractivity contribution in [3.8, 4) is 0 Å². The predicted octanol–water partition coefficient (Wildman–Crippen LogP) is 2.42. The number of methoxy groups -OCH3 is 1. The van der Waals surface area contributed by atoms with E-state index < -0.39 is 12.1 Å². The van der Waals surface area contributed by atoms with Crippen molar-refractivity contribution in [2.75, 3.05) is 7.11 Å². The van der Waals surface area contributed by atoms with Crippen LogP contribution in [-0.4, -0.2) is 18.2 Å². The number of aliphatic hydroxyl groups excluding tert-OH is 1. The van der Waals surface area contributed by atoms with Gasteiger partial charge >= 0.3 is 5.97 Å². The third-order valence-electron chi connectivity index (χ3n) is 1.79. The Hall–Kier alpha value is -0.390. The second kappa shape index (κ2) is 4.91. The van der Waals surface area contributed by atoms with Crippen LogP contribution in [0.15, 0.2) is 10.5 Å². The molecule has 0 aliphatic heterocycles. The van der Waals surface area contributed by atoms with E-state index in [1.54, 1.807) is 0 Å². The predicted molar refractivity (Wildman–Crippen MR) is 58.3 cm³/mol. The molecule has 0 amide bonds. The number of aryl methyl sites for hydroxylation is 1. The molecule has 0 unspecified atom stereocenters. The third-order valence-corrected chi connectivity index (χ3v) is 4.03. The molecule has 14 heavy (non-hydrogen) atoms. The number of rotatable bonds is 3. The van der Waals surface area contributed by atoms with E-state index in [0.29, 0.717) is 0 Å². The van der Waals surface area contributed by atoms with Crippen molar-refractivity contribution >= 4 is 33.2 Å². The molecule has 5 heteroatoms. The van der Waals surface area contributed by atoms with Gasteiger partial charge in [0.1, 0.15) is 0 Å². The number of hydrogen-bond acceptors (Lipinski definition) is 4. The van der Waals surface area contributed by atoms with Gasteiger partial charge in [-0.2, -0.15) is 0 Å². The quantitative estimate of drug-likeness (QED) is 0.864. The summed E-state index contributed by atoms with van der Waals surface area (Å²) >= 11 is 4.82. The first-order chi connectivity index (χ1) is 6.54. The van der Waals surface area contributed by atoms with Crippen LogP contribution >= 0.6 is 27.3 Å². The zero-order valence-corrected chi connectivity index (χ0v) is 10.3. The number of aliphatic hydroxyl groups is 1. The minimum atomic E-state index is -0.766. The van der Waals surface area contributed by atoms with Crippen LogP contribution in [0.2, 0.25) is 0 Å². The molecule has 0 fully saturated rings. The maximum Gasteiger partial charge on any atom is 0.308 e. The maximum absolute atomic E-state index is 10.9. The molecule has 0 aliphatic carbocycles. The highest BCUT2D eigenvalue weighted by Crippen LogP contribution is 2.31. The van der Waals surface area contributed by atoms with Gasteiger partial charge in [0.25, 0.3) is 0 Å². The molecule has 0 saturated carbocycles. The highest BCUT2D eigenvalue weighted by molar-refractivity contribution is 9.10. The van der Waals surface area contributed by atoms with Crippen LogP contribution in [0.5, 0.6) is 0 Å². The summed E-state index contributed by atoms with van der Waals surface area (Å²) in [5.41, 5.74) is 0. The normalized spacial score (nSPS) is 12.6. The molecule has 0 aromatic carbocycles. The lowest BCUT2D eigenvalue weighted by Gasteiger charge is -2.05. The maximum atomic E-state index is 10.9. The van der Waals surface area contributed by atoms with E-state index in [4.69, 9.17) is 0 Å². The summed E-state index contributed by atoms with van der Waals surface area (Å²) in [4.78, 5) is 12.8. The number of carbonyl (C=O) groups is 1. The lowest BCUT2D eigenvalue weighted by molar-refractivity contribution is -0.142. The second-order valence-corrected chi connectivity index (χ2v) is 4.99. The Labute approximate surface area is 94.8 Å². The van der Waals surface area contributed by atoms with Crippen molar-refractivity contribution in [1.82, 2.24) is 0 Å². The van der Waals surface area contributed by atoms with E-state index in [1.165, 1.54) is 18.4 Å². The number of hydrogen-bond donors (Lipinski definition) is 1. The summed E-state index contributed by atoms with van der Waals surface area (Å²) in [6.07, 6.45) is -0.763. The summed E-state index contributed by atoms with van der Waals surface area (Å²) in [7, 11) is 1.31. The first kappa shape index (κ1) is 11.7. The smallest absolute Gasteiger partial charge is 0.308 e. The molecule has 0 radical (unpaired) electrons. The van der Waals surface area contributed by atoms with E-state index >= 15 is 0 Å². The number of halogens is 1. The van der Waals surface area contributed by atoms with Crippen molar-refractivity contribution in [2.45, 2.75) is 19.4 Å². The van der Waals surface area contributed by atoms with Crippen LogP contribution in [0, 0.1) is 6.92 Å². The summed E-state index contributed by atoms with van der Waals surface area (Å²) in [5.74, 6) is -0.403. The molecule has 0 spiro atoms. The Morgan fingerprint density at radius 2 is 2.43 bits per heavy atom. The summed E-state index contributed by atoms with van der Waals surface area (Å²) in [6, 6.07) is 1.83. The first-order valence-electron chi connectivity index (χ1n) is 4.05. The first-order valence-corrected chi connectivity index (χ1v) is 5.66. The molecular weight excluding hydrogens is 268 g/mol. The van der Waals surface area contributed by atoms with Gasteiger partial charge in [-0.25, -0.2) is 0 Å². The summed E-state index contributed by atoms with van der Waals surface area (Å²) < 4.78 is 5.43. The van der Waals surface area contributed by atoms with Crippen LogP contribution in [-0.2, 0) is 9.53 Å². The molecule has 0 bridgehead atoms. The fourth-order valence-electron chi connectivity index (χ4n) is 0.988. The molecule has 1 aromatic rings. The highest BCUT2D eigenvalue weighted by atomic mass is 79.9. The zero-order valence-electron chi connectivity index (χ0n) is 7.91. The van der Waals surface area contributed by atoms with Crippen molar-refractivity contribution < 1.29 is 14.6 Å². The fraction of sp³-hybridized carbons (Fsp3) is 0.444. The minimum absolute atomic E-state index is 0.00287.